The summed E-state index contributed by atoms with van der Waals surface area (Å²) in [5.41, 5.74) is 4.24. The highest BCUT2D eigenvalue weighted by atomic mass is 35.5. The van der Waals surface area contributed by atoms with Gasteiger partial charge >= 0.3 is 6.16 Å². The first-order valence-corrected chi connectivity index (χ1v) is 10.8. The number of anilines is 1. The Kier molecular flexibility index (Phi) is 7.45. The highest BCUT2D eigenvalue weighted by Gasteiger charge is 2.26. The molecule has 2 atom stereocenters. The van der Waals surface area contributed by atoms with Crippen LogP contribution in [0.25, 0.3) is 0 Å². The van der Waals surface area contributed by atoms with Gasteiger partial charge in [-0.2, -0.15) is 0 Å². The Hall–Kier alpha value is -2.02. The number of aromatic nitrogens is 1. The monoisotopic (exact) mass is 451 g/mol. The zero-order chi connectivity index (χ0) is 21.8. The zero-order valence-electron chi connectivity index (χ0n) is 17.4. The summed E-state index contributed by atoms with van der Waals surface area (Å²) in [6, 6.07) is 6.29. The van der Waals surface area contributed by atoms with Gasteiger partial charge in [0.25, 0.3) is 0 Å². The molecule has 1 aromatic heterocycles. The minimum atomic E-state index is -1.23. The molecule has 3 rings (SSSR count). The van der Waals surface area contributed by atoms with Crippen molar-refractivity contribution >= 4 is 35.2 Å². The van der Waals surface area contributed by atoms with Gasteiger partial charge in [0.05, 0.1) is 11.1 Å². The van der Waals surface area contributed by atoms with Crippen molar-refractivity contribution in [3.05, 3.63) is 56.7 Å². The predicted octanol–water partition coefficient (Wildman–Crippen LogP) is 5.84. The standard InChI is InChI=1S/C22H27Cl2N3O3/c1-4-19(15-7-13(2)21(24)14(3)8-15)26-20-9-16(18(23)10-25-20)11-27-6-5-17(12-27)30-22(28)29/h7-10,17,19H,4-6,11-12H2,1-3H3,(H,25,26)(H,28,29)/t17-,19-/m1/s1. The van der Waals surface area contributed by atoms with Crippen molar-refractivity contribution in [3.63, 3.8) is 0 Å². The summed E-state index contributed by atoms with van der Waals surface area (Å²) >= 11 is 12.7. The molecule has 2 aromatic rings. The summed E-state index contributed by atoms with van der Waals surface area (Å²) in [4.78, 5) is 17.3. The minimum Gasteiger partial charge on any atom is -0.450 e. The molecular formula is C22H27Cl2N3O3. The first kappa shape index (κ1) is 22.7. The molecule has 0 bridgehead atoms. The molecule has 6 nitrogen and oxygen atoms in total. The molecule has 30 heavy (non-hydrogen) atoms. The lowest BCUT2D eigenvalue weighted by atomic mass is 9.99. The van der Waals surface area contributed by atoms with Gasteiger partial charge in [0.1, 0.15) is 11.9 Å². The number of hydrogen-bond donors (Lipinski definition) is 2. The van der Waals surface area contributed by atoms with Crippen LogP contribution in [-0.4, -0.2) is 40.3 Å². The lowest BCUT2D eigenvalue weighted by Crippen LogP contribution is -2.24. The molecule has 2 heterocycles. The van der Waals surface area contributed by atoms with Crippen molar-refractivity contribution in [1.29, 1.82) is 0 Å². The Labute approximate surface area is 187 Å². The van der Waals surface area contributed by atoms with E-state index in [-0.39, 0.29) is 12.1 Å². The molecule has 0 radical (unpaired) electrons. The molecular weight excluding hydrogens is 425 g/mol. The van der Waals surface area contributed by atoms with Crippen molar-refractivity contribution in [3.8, 4) is 0 Å². The van der Waals surface area contributed by atoms with E-state index < -0.39 is 6.16 Å². The van der Waals surface area contributed by atoms with Crippen LogP contribution in [0.4, 0.5) is 10.6 Å². The van der Waals surface area contributed by atoms with E-state index in [0.717, 1.165) is 40.5 Å². The van der Waals surface area contributed by atoms with E-state index in [1.807, 2.05) is 19.9 Å². The average molecular weight is 452 g/mol. The summed E-state index contributed by atoms with van der Waals surface area (Å²) in [6.45, 7) is 8.10. The van der Waals surface area contributed by atoms with E-state index in [1.54, 1.807) is 6.20 Å². The van der Waals surface area contributed by atoms with Gasteiger partial charge in [-0.3, -0.25) is 4.90 Å². The SMILES string of the molecule is CC[C@@H](Nc1cc(CN2CC[C@@H](OC(=O)O)C2)c(Cl)cn1)c1cc(C)c(Cl)c(C)c1. The van der Waals surface area contributed by atoms with E-state index in [4.69, 9.17) is 33.0 Å². The van der Waals surface area contributed by atoms with Crippen molar-refractivity contribution in [2.45, 2.75) is 52.3 Å². The van der Waals surface area contributed by atoms with Crippen molar-refractivity contribution in [2.24, 2.45) is 0 Å². The van der Waals surface area contributed by atoms with E-state index in [1.165, 1.54) is 5.56 Å². The number of aryl methyl sites for hydroxylation is 2. The van der Waals surface area contributed by atoms with E-state index in [2.05, 4.69) is 34.3 Å². The molecule has 1 aromatic carbocycles. The lowest BCUT2D eigenvalue weighted by molar-refractivity contribution is 0.0548. The number of benzene rings is 1. The maximum absolute atomic E-state index is 10.7. The summed E-state index contributed by atoms with van der Waals surface area (Å²) < 4.78 is 4.88. The Balaban J connectivity index is 1.72. The van der Waals surface area contributed by atoms with Gasteiger partial charge in [0.2, 0.25) is 0 Å². The topological polar surface area (TPSA) is 74.7 Å². The van der Waals surface area contributed by atoms with E-state index in [9.17, 15) is 4.79 Å². The third-order valence-corrected chi connectivity index (χ3v) is 6.35. The Morgan fingerprint density at radius 3 is 2.67 bits per heavy atom. The number of carbonyl (C=O) groups is 1. The number of likely N-dealkylation sites (tertiary alicyclic amines) is 1. The first-order valence-electron chi connectivity index (χ1n) is 10.1. The number of nitrogens with one attached hydrogen (secondary N) is 1. The van der Waals surface area contributed by atoms with E-state index >= 15 is 0 Å². The molecule has 162 valence electrons. The maximum atomic E-state index is 10.7. The molecule has 0 aliphatic carbocycles. The predicted molar refractivity (Wildman–Crippen MR) is 120 cm³/mol. The minimum absolute atomic E-state index is 0.0984. The number of rotatable bonds is 7. The fourth-order valence-corrected chi connectivity index (χ4v) is 4.15. The number of halogens is 2. The quantitative estimate of drug-likeness (QED) is 0.515. The molecule has 0 amide bonds. The molecule has 1 fully saturated rings. The molecule has 1 aliphatic heterocycles. The number of nitrogens with zero attached hydrogens (tertiary/aromatic N) is 2. The molecule has 0 saturated carbocycles. The number of carboxylic acid groups (broad SMARTS) is 1. The zero-order valence-corrected chi connectivity index (χ0v) is 18.9. The van der Waals surface area contributed by atoms with Crippen LogP contribution in [-0.2, 0) is 11.3 Å². The molecule has 0 spiro atoms. The van der Waals surface area contributed by atoms with Gasteiger partial charge in [0.15, 0.2) is 0 Å². The highest BCUT2D eigenvalue weighted by Crippen LogP contribution is 2.30. The van der Waals surface area contributed by atoms with Crippen molar-refractivity contribution in [2.75, 3.05) is 18.4 Å². The summed E-state index contributed by atoms with van der Waals surface area (Å²) in [5.74, 6) is 0.754. The second-order valence-electron chi connectivity index (χ2n) is 7.76. The number of pyridine rings is 1. The number of ether oxygens (including phenoxy) is 1. The van der Waals surface area contributed by atoms with Crippen molar-refractivity contribution < 1.29 is 14.6 Å². The fraction of sp³-hybridized carbons (Fsp3) is 0.455. The molecule has 2 N–H and O–H groups in total. The Morgan fingerprint density at radius 2 is 2.03 bits per heavy atom. The normalized spacial score (nSPS) is 17.7. The van der Waals surface area contributed by atoms with Crippen LogP contribution < -0.4 is 5.32 Å². The highest BCUT2D eigenvalue weighted by molar-refractivity contribution is 6.32. The number of hydrogen-bond acceptors (Lipinski definition) is 5. The van der Waals surface area contributed by atoms with Gasteiger partial charge in [-0.05, 0) is 55.0 Å². The molecule has 8 heteroatoms. The summed E-state index contributed by atoms with van der Waals surface area (Å²) in [6.07, 6.45) is 1.72. The van der Waals surface area contributed by atoms with Gasteiger partial charge in [-0.25, -0.2) is 9.78 Å². The van der Waals surface area contributed by atoms with Crippen LogP contribution >= 0.6 is 23.2 Å². The van der Waals surface area contributed by atoms with Gasteiger partial charge in [-0.1, -0.05) is 42.3 Å². The largest absolute Gasteiger partial charge is 0.506 e. The van der Waals surface area contributed by atoms with Crippen LogP contribution in [0.15, 0.2) is 24.4 Å². The smallest absolute Gasteiger partial charge is 0.450 e. The molecule has 0 unspecified atom stereocenters. The molecule has 1 saturated heterocycles. The van der Waals surface area contributed by atoms with Crippen molar-refractivity contribution in [1.82, 2.24) is 9.88 Å². The fourth-order valence-electron chi connectivity index (χ4n) is 3.88. The van der Waals surface area contributed by atoms with Gasteiger partial charge in [0, 0.05) is 30.9 Å². The van der Waals surface area contributed by atoms with E-state index in [0.29, 0.717) is 24.5 Å². The first-order chi connectivity index (χ1) is 14.3. The van der Waals surface area contributed by atoms with Gasteiger partial charge < -0.3 is 15.2 Å². The van der Waals surface area contributed by atoms with Crippen LogP contribution in [0.5, 0.6) is 0 Å². The molecule has 1 aliphatic rings. The van der Waals surface area contributed by atoms with Gasteiger partial charge in [-0.15, -0.1) is 0 Å². The third-order valence-electron chi connectivity index (χ3n) is 5.42. The Bertz CT molecular complexity index is 899. The van der Waals surface area contributed by atoms with Crippen LogP contribution in [0.3, 0.4) is 0 Å². The van der Waals surface area contributed by atoms with Crippen LogP contribution in [0.1, 0.15) is 48.1 Å². The summed E-state index contributed by atoms with van der Waals surface area (Å²) in [5, 5.41) is 13.7. The summed E-state index contributed by atoms with van der Waals surface area (Å²) in [7, 11) is 0. The second kappa shape index (κ2) is 9.86. The average Bonchev–Trinajstić information content (AvgIpc) is 3.12. The second-order valence-corrected chi connectivity index (χ2v) is 8.55. The van der Waals surface area contributed by atoms with Crippen LogP contribution in [0.2, 0.25) is 10.0 Å². The van der Waals surface area contributed by atoms with Crippen LogP contribution in [0, 0.1) is 13.8 Å². The lowest BCUT2D eigenvalue weighted by Gasteiger charge is -2.21. The Morgan fingerprint density at radius 1 is 1.33 bits per heavy atom. The maximum Gasteiger partial charge on any atom is 0.506 e. The third kappa shape index (κ3) is 5.56.